The molecule has 1 heterocycles. The molecule has 3 heteroatoms. The van der Waals surface area contributed by atoms with Crippen molar-refractivity contribution in [2.24, 2.45) is 5.92 Å². The van der Waals surface area contributed by atoms with Crippen LogP contribution in [0.3, 0.4) is 0 Å². The number of carbonyl (C=O) groups is 1. The number of hydrogen-bond donors (Lipinski definition) is 2. The third-order valence-corrected chi connectivity index (χ3v) is 3.78. The first kappa shape index (κ1) is 11.9. The van der Waals surface area contributed by atoms with Crippen molar-refractivity contribution in [3.8, 4) is 0 Å². The van der Waals surface area contributed by atoms with Crippen molar-refractivity contribution in [2.75, 3.05) is 6.54 Å². The summed E-state index contributed by atoms with van der Waals surface area (Å²) in [7, 11) is 0. The van der Waals surface area contributed by atoms with Crippen LogP contribution in [0.4, 0.5) is 0 Å². The van der Waals surface area contributed by atoms with Gasteiger partial charge in [-0.2, -0.15) is 0 Å². The summed E-state index contributed by atoms with van der Waals surface area (Å²) in [5.41, 5.74) is 0. The highest BCUT2D eigenvalue weighted by Crippen LogP contribution is 2.34. The summed E-state index contributed by atoms with van der Waals surface area (Å²) in [5.74, 6) is 1.15. The molecule has 0 spiro atoms. The largest absolute Gasteiger partial charge is 0.355 e. The highest BCUT2D eigenvalue weighted by Gasteiger charge is 2.28. The molecule has 2 N–H and O–H groups in total. The van der Waals surface area contributed by atoms with E-state index in [4.69, 9.17) is 0 Å². The summed E-state index contributed by atoms with van der Waals surface area (Å²) in [4.78, 5) is 11.8. The van der Waals surface area contributed by atoms with Crippen molar-refractivity contribution in [1.29, 1.82) is 0 Å². The van der Waals surface area contributed by atoms with E-state index in [1.807, 2.05) is 0 Å². The fraction of sp³-hybridized carbons (Fsp3) is 0.923. The minimum atomic E-state index is 0.0613. The molecule has 0 aromatic rings. The molecule has 0 aromatic carbocycles. The lowest BCUT2D eigenvalue weighted by Gasteiger charge is -2.23. The maximum absolute atomic E-state index is 11.8. The lowest BCUT2D eigenvalue weighted by Crippen LogP contribution is -2.47. The molecule has 0 aromatic heterocycles. The standard InChI is InChI=1S/C13H24N2O/c1-2-11(9-10-6-7-10)15-12-5-3-4-8-14-13(12)16/h10-12,15H,2-9H2,1H3,(H,14,16). The van der Waals surface area contributed by atoms with E-state index in [9.17, 15) is 4.79 Å². The molecular formula is C13H24N2O. The molecular weight excluding hydrogens is 200 g/mol. The van der Waals surface area contributed by atoms with Gasteiger partial charge >= 0.3 is 0 Å². The van der Waals surface area contributed by atoms with E-state index >= 15 is 0 Å². The van der Waals surface area contributed by atoms with Crippen LogP contribution in [0.2, 0.25) is 0 Å². The lowest BCUT2D eigenvalue weighted by molar-refractivity contribution is -0.123. The van der Waals surface area contributed by atoms with E-state index < -0.39 is 0 Å². The molecule has 1 aliphatic heterocycles. The Morgan fingerprint density at radius 2 is 2.19 bits per heavy atom. The Morgan fingerprint density at radius 3 is 2.88 bits per heavy atom. The van der Waals surface area contributed by atoms with E-state index in [0.29, 0.717) is 6.04 Å². The summed E-state index contributed by atoms with van der Waals surface area (Å²) >= 11 is 0. The third kappa shape index (κ3) is 3.48. The Morgan fingerprint density at radius 1 is 1.38 bits per heavy atom. The summed E-state index contributed by atoms with van der Waals surface area (Å²) < 4.78 is 0. The van der Waals surface area contributed by atoms with Crippen molar-refractivity contribution in [3.63, 3.8) is 0 Å². The second-order valence-electron chi connectivity index (χ2n) is 5.29. The molecule has 2 atom stereocenters. The molecule has 16 heavy (non-hydrogen) atoms. The van der Waals surface area contributed by atoms with Gasteiger partial charge in [-0.05, 0) is 38.0 Å². The Hall–Kier alpha value is -0.570. The maximum Gasteiger partial charge on any atom is 0.237 e. The van der Waals surface area contributed by atoms with Crippen molar-refractivity contribution >= 4 is 5.91 Å². The van der Waals surface area contributed by atoms with Gasteiger partial charge in [0.2, 0.25) is 5.91 Å². The fourth-order valence-electron chi connectivity index (χ4n) is 2.49. The van der Waals surface area contributed by atoms with Gasteiger partial charge in [0, 0.05) is 12.6 Å². The first-order chi connectivity index (χ1) is 7.79. The van der Waals surface area contributed by atoms with Gasteiger partial charge in [0.1, 0.15) is 0 Å². The molecule has 0 bridgehead atoms. The second-order valence-corrected chi connectivity index (χ2v) is 5.29. The van der Waals surface area contributed by atoms with Gasteiger partial charge in [-0.15, -0.1) is 0 Å². The highest BCUT2D eigenvalue weighted by molar-refractivity contribution is 5.81. The number of nitrogens with one attached hydrogen (secondary N) is 2. The van der Waals surface area contributed by atoms with Crippen molar-refractivity contribution in [2.45, 2.75) is 64.0 Å². The van der Waals surface area contributed by atoms with Crippen LogP contribution in [0.25, 0.3) is 0 Å². The normalized spacial score (nSPS) is 28.3. The summed E-state index contributed by atoms with van der Waals surface area (Å²) in [5, 5.41) is 6.55. The van der Waals surface area contributed by atoms with E-state index in [2.05, 4.69) is 17.6 Å². The van der Waals surface area contributed by atoms with E-state index in [-0.39, 0.29) is 11.9 Å². The molecule has 3 nitrogen and oxygen atoms in total. The zero-order valence-electron chi connectivity index (χ0n) is 10.3. The van der Waals surface area contributed by atoms with Gasteiger partial charge in [0.25, 0.3) is 0 Å². The van der Waals surface area contributed by atoms with Crippen LogP contribution in [-0.2, 0) is 4.79 Å². The van der Waals surface area contributed by atoms with E-state index in [1.165, 1.54) is 19.3 Å². The topological polar surface area (TPSA) is 41.1 Å². The first-order valence-corrected chi connectivity index (χ1v) is 6.83. The predicted molar refractivity (Wildman–Crippen MR) is 65.2 cm³/mol. The van der Waals surface area contributed by atoms with Crippen LogP contribution in [0.1, 0.15) is 51.9 Å². The summed E-state index contributed by atoms with van der Waals surface area (Å²) in [6, 6.07) is 0.604. The molecule has 1 aliphatic carbocycles. The molecule has 92 valence electrons. The number of amides is 1. The van der Waals surface area contributed by atoms with Gasteiger partial charge in [0.15, 0.2) is 0 Å². The van der Waals surface area contributed by atoms with Crippen molar-refractivity contribution in [3.05, 3.63) is 0 Å². The lowest BCUT2D eigenvalue weighted by atomic mass is 10.0. The minimum Gasteiger partial charge on any atom is -0.355 e. The molecule has 2 unspecified atom stereocenters. The average Bonchev–Trinajstić information content (AvgIpc) is 3.09. The molecule has 0 radical (unpaired) electrons. The average molecular weight is 224 g/mol. The van der Waals surface area contributed by atoms with Crippen LogP contribution < -0.4 is 10.6 Å². The van der Waals surface area contributed by atoms with E-state index in [0.717, 1.165) is 38.1 Å². The van der Waals surface area contributed by atoms with Crippen molar-refractivity contribution < 1.29 is 4.79 Å². The van der Waals surface area contributed by atoms with Gasteiger partial charge < -0.3 is 10.6 Å². The zero-order chi connectivity index (χ0) is 11.4. The number of rotatable bonds is 5. The fourth-order valence-corrected chi connectivity index (χ4v) is 2.49. The Bertz CT molecular complexity index is 238. The molecule has 2 rings (SSSR count). The molecule has 1 amide bonds. The molecule has 2 fully saturated rings. The molecule has 2 aliphatic rings. The molecule has 1 saturated carbocycles. The summed E-state index contributed by atoms with van der Waals surface area (Å²) in [6.07, 6.45) is 8.50. The van der Waals surface area contributed by atoms with Gasteiger partial charge in [-0.3, -0.25) is 4.79 Å². The van der Waals surface area contributed by atoms with Gasteiger partial charge in [0.05, 0.1) is 6.04 Å². The summed E-state index contributed by atoms with van der Waals surface area (Å²) in [6.45, 7) is 3.07. The van der Waals surface area contributed by atoms with Crippen LogP contribution in [0.5, 0.6) is 0 Å². The Labute approximate surface area is 98.4 Å². The van der Waals surface area contributed by atoms with Crippen LogP contribution in [-0.4, -0.2) is 24.5 Å². The smallest absolute Gasteiger partial charge is 0.237 e. The first-order valence-electron chi connectivity index (χ1n) is 6.83. The van der Waals surface area contributed by atoms with Gasteiger partial charge in [-0.25, -0.2) is 0 Å². The second kappa shape index (κ2) is 5.67. The highest BCUT2D eigenvalue weighted by atomic mass is 16.2. The van der Waals surface area contributed by atoms with Crippen LogP contribution in [0.15, 0.2) is 0 Å². The third-order valence-electron chi connectivity index (χ3n) is 3.78. The van der Waals surface area contributed by atoms with Crippen LogP contribution >= 0.6 is 0 Å². The monoisotopic (exact) mass is 224 g/mol. The predicted octanol–water partition coefficient (Wildman–Crippen LogP) is 1.82. The number of hydrogen-bond acceptors (Lipinski definition) is 2. The number of carbonyl (C=O) groups excluding carboxylic acids is 1. The Kier molecular flexibility index (Phi) is 4.22. The van der Waals surface area contributed by atoms with Crippen molar-refractivity contribution in [1.82, 2.24) is 10.6 Å². The van der Waals surface area contributed by atoms with E-state index in [1.54, 1.807) is 0 Å². The quantitative estimate of drug-likeness (QED) is 0.748. The molecule has 1 saturated heterocycles. The minimum absolute atomic E-state index is 0.0613. The Balaban J connectivity index is 1.81. The zero-order valence-corrected chi connectivity index (χ0v) is 10.3. The maximum atomic E-state index is 11.8. The van der Waals surface area contributed by atoms with Gasteiger partial charge in [-0.1, -0.05) is 19.8 Å². The SMILES string of the molecule is CCC(CC1CC1)NC1CCCCNC1=O. The van der Waals surface area contributed by atoms with Crippen LogP contribution in [0, 0.1) is 5.92 Å².